The lowest BCUT2D eigenvalue weighted by Crippen LogP contribution is -2.28. The van der Waals surface area contributed by atoms with Gasteiger partial charge in [-0.15, -0.1) is 0 Å². The lowest BCUT2D eigenvalue weighted by molar-refractivity contribution is -0.594. The Kier molecular flexibility index (Phi) is 6.59. The molecule has 0 bridgehead atoms. The lowest BCUT2D eigenvalue weighted by atomic mass is 9.98. The van der Waals surface area contributed by atoms with Gasteiger partial charge in [-0.2, -0.15) is 9.55 Å². The van der Waals surface area contributed by atoms with Crippen LogP contribution in [0.1, 0.15) is 29.3 Å². The summed E-state index contributed by atoms with van der Waals surface area (Å²) in [6.45, 7) is 1.32. The van der Waals surface area contributed by atoms with Crippen LogP contribution in [0.3, 0.4) is 0 Å². The minimum atomic E-state index is -0.902. The number of hydrogen-bond acceptors (Lipinski definition) is 6. The largest absolute Gasteiger partial charge is 0.492 e. The van der Waals surface area contributed by atoms with E-state index in [1.165, 1.54) is 12.1 Å². The van der Waals surface area contributed by atoms with Crippen molar-refractivity contribution < 1.29 is 22.8 Å². The fraction of sp³-hybridized carbons (Fsp3) is 0.296. The average Bonchev–Trinajstić information content (AvgIpc) is 3.56. The highest BCUT2D eigenvalue weighted by molar-refractivity contribution is 6.29. The zero-order chi connectivity index (χ0) is 26.2. The van der Waals surface area contributed by atoms with Crippen LogP contribution in [0.2, 0.25) is 5.15 Å². The summed E-state index contributed by atoms with van der Waals surface area (Å²) in [5.41, 5.74) is 3.92. The Hall–Kier alpha value is -3.76. The predicted molar refractivity (Wildman–Crippen MR) is 139 cm³/mol. The monoisotopic (exact) mass is 539 g/mol. The molecule has 1 saturated heterocycles. The zero-order valence-electron chi connectivity index (χ0n) is 20.6. The Bertz CT molecular complexity index is 1460. The molecule has 2 aromatic carbocycles. The first-order valence-electron chi connectivity index (χ1n) is 12.4. The van der Waals surface area contributed by atoms with E-state index >= 15 is 0 Å². The van der Waals surface area contributed by atoms with Gasteiger partial charge in [0.15, 0.2) is 17.6 Å². The minimum Gasteiger partial charge on any atom is -0.492 e. The number of hydrogen-bond donors (Lipinski definition) is 2. The van der Waals surface area contributed by atoms with Gasteiger partial charge < -0.3 is 19.7 Å². The quantitative estimate of drug-likeness (QED) is 0.342. The van der Waals surface area contributed by atoms with Gasteiger partial charge in [0.25, 0.3) is 0 Å². The molecule has 1 fully saturated rings. The molecule has 2 atom stereocenters. The van der Waals surface area contributed by atoms with Crippen LogP contribution in [0.5, 0.6) is 5.75 Å². The smallest absolute Gasteiger partial charge is 0.248 e. The van der Waals surface area contributed by atoms with Crippen LogP contribution >= 0.6 is 11.6 Å². The van der Waals surface area contributed by atoms with Gasteiger partial charge >= 0.3 is 0 Å². The van der Waals surface area contributed by atoms with E-state index in [1.54, 1.807) is 31.8 Å². The van der Waals surface area contributed by atoms with E-state index in [0.717, 1.165) is 16.8 Å². The number of anilines is 3. The maximum Gasteiger partial charge on any atom is 0.248 e. The molecule has 38 heavy (non-hydrogen) atoms. The molecule has 2 N–H and O–H groups in total. The fourth-order valence-corrected chi connectivity index (χ4v) is 5.14. The fourth-order valence-electron chi connectivity index (χ4n) is 4.99. The van der Waals surface area contributed by atoms with Crippen LogP contribution in [-0.2, 0) is 11.2 Å². The summed E-state index contributed by atoms with van der Waals surface area (Å²) in [6, 6.07) is 11.8. The van der Waals surface area contributed by atoms with Crippen molar-refractivity contribution in [2.24, 2.45) is 0 Å². The van der Waals surface area contributed by atoms with Gasteiger partial charge in [-0.25, -0.2) is 18.7 Å². The first-order valence-corrected chi connectivity index (χ1v) is 12.7. The van der Waals surface area contributed by atoms with E-state index < -0.39 is 12.3 Å². The molecular weight excluding hydrogens is 514 g/mol. The summed E-state index contributed by atoms with van der Waals surface area (Å²) < 4.78 is 41.4. The highest BCUT2D eigenvalue weighted by Crippen LogP contribution is 2.38. The van der Waals surface area contributed by atoms with Gasteiger partial charge in [-0.05, 0) is 47.9 Å². The first-order chi connectivity index (χ1) is 18.5. The van der Waals surface area contributed by atoms with Crippen molar-refractivity contribution in [2.45, 2.75) is 25.1 Å². The standard InChI is InChI=1S/C27H25ClF2N6O2/c1-37-22-12-19(6-7-21(22)36-14-23(28)31-15-36)32-27-33-24-20(26(34-27)35-10-8-18(30)13-35)9-11-38-25(24)16-2-4-17(29)5-3-16/h2-7,12,14-15,18,25H,8-11,13H2,1H3,(H,32,33,34)/p+1/t18-,25?/m1/s1. The van der Waals surface area contributed by atoms with Gasteiger partial charge in [-0.1, -0.05) is 12.1 Å². The van der Waals surface area contributed by atoms with Crippen molar-refractivity contribution in [3.8, 4) is 11.4 Å². The Morgan fingerprint density at radius 1 is 1.21 bits per heavy atom. The third-order valence-corrected chi connectivity index (χ3v) is 7.02. The van der Waals surface area contributed by atoms with E-state index in [4.69, 9.17) is 31.0 Å². The van der Waals surface area contributed by atoms with Crippen LogP contribution in [0.25, 0.3) is 5.69 Å². The SMILES string of the molecule is COc1cc(Nc2nc3c(c(N4CC[C@@H](F)C4)n2)CCOC3c2ccc(F)cc2)ccc1-[n+]1c[nH]c(Cl)c1. The van der Waals surface area contributed by atoms with E-state index in [2.05, 4.69) is 10.3 Å². The van der Waals surface area contributed by atoms with Crippen molar-refractivity contribution in [1.82, 2.24) is 15.0 Å². The number of benzene rings is 2. The molecule has 1 unspecified atom stereocenters. The summed E-state index contributed by atoms with van der Waals surface area (Å²) in [6.07, 6.45) is 3.15. The van der Waals surface area contributed by atoms with E-state index in [0.29, 0.717) is 60.0 Å². The molecule has 6 rings (SSSR count). The van der Waals surface area contributed by atoms with E-state index in [1.807, 2.05) is 27.7 Å². The van der Waals surface area contributed by atoms with Crippen LogP contribution in [0, 0.1) is 5.82 Å². The van der Waals surface area contributed by atoms with E-state index in [9.17, 15) is 8.78 Å². The normalized spacial score (nSPS) is 18.9. The summed E-state index contributed by atoms with van der Waals surface area (Å²) in [5.74, 6) is 1.35. The number of nitrogens with zero attached hydrogens (tertiary/aromatic N) is 4. The third kappa shape index (κ3) is 4.77. The molecule has 11 heteroatoms. The molecule has 4 heterocycles. The zero-order valence-corrected chi connectivity index (χ0v) is 21.4. The van der Waals surface area contributed by atoms with Gasteiger partial charge in [0.05, 0.1) is 26.0 Å². The number of nitrogens with one attached hydrogen (secondary N) is 2. The van der Waals surface area contributed by atoms with Crippen molar-refractivity contribution in [1.29, 1.82) is 0 Å². The molecule has 2 aliphatic heterocycles. The molecule has 196 valence electrons. The minimum absolute atomic E-state index is 0.282. The van der Waals surface area contributed by atoms with Crippen molar-refractivity contribution in [2.75, 3.05) is 37.0 Å². The first kappa shape index (κ1) is 24.6. The van der Waals surface area contributed by atoms with Crippen molar-refractivity contribution >= 4 is 29.1 Å². The second kappa shape index (κ2) is 10.2. The maximum absolute atomic E-state index is 14.2. The number of aromatic amines is 1. The highest BCUT2D eigenvalue weighted by Gasteiger charge is 2.32. The van der Waals surface area contributed by atoms with Crippen LogP contribution in [0.15, 0.2) is 55.0 Å². The molecule has 8 nitrogen and oxygen atoms in total. The summed E-state index contributed by atoms with van der Waals surface area (Å²) >= 11 is 6.04. The lowest BCUT2D eigenvalue weighted by Gasteiger charge is -2.30. The number of imidazole rings is 1. The molecule has 2 aromatic heterocycles. The van der Waals surface area contributed by atoms with Gasteiger partial charge in [0, 0.05) is 30.3 Å². The Morgan fingerprint density at radius 2 is 2.05 bits per heavy atom. The Balaban J connectivity index is 1.39. The number of ether oxygens (including phenoxy) is 2. The molecular formula is C27H26ClF2N6O2+. The van der Waals surface area contributed by atoms with E-state index in [-0.39, 0.29) is 12.4 Å². The summed E-state index contributed by atoms with van der Waals surface area (Å²) in [4.78, 5) is 14.6. The number of H-pyrrole nitrogens is 1. The molecule has 0 spiro atoms. The van der Waals surface area contributed by atoms with Gasteiger partial charge in [-0.3, -0.25) is 0 Å². The molecule has 2 aliphatic rings. The topological polar surface area (TPSA) is 79.2 Å². The van der Waals surface area contributed by atoms with Crippen LogP contribution < -0.4 is 19.5 Å². The number of rotatable bonds is 6. The van der Waals surface area contributed by atoms with Crippen molar-refractivity contribution in [3.63, 3.8) is 0 Å². The predicted octanol–water partition coefficient (Wildman–Crippen LogP) is 4.84. The summed E-state index contributed by atoms with van der Waals surface area (Å²) in [5, 5.41) is 3.79. The molecule has 0 amide bonds. The Morgan fingerprint density at radius 3 is 2.76 bits per heavy atom. The van der Waals surface area contributed by atoms with Crippen molar-refractivity contribution in [3.05, 3.63) is 82.8 Å². The number of alkyl halides is 1. The maximum atomic E-state index is 14.2. The summed E-state index contributed by atoms with van der Waals surface area (Å²) in [7, 11) is 1.59. The molecule has 0 aliphatic carbocycles. The molecule has 0 saturated carbocycles. The highest BCUT2D eigenvalue weighted by atomic mass is 35.5. The number of halogens is 3. The molecule has 4 aromatic rings. The number of methoxy groups -OCH3 is 1. The Labute approximate surface area is 223 Å². The van der Waals surface area contributed by atoms with Crippen LogP contribution in [0.4, 0.5) is 26.2 Å². The third-order valence-electron chi connectivity index (χ3n) is 6.81. The van der Waals surface area contributed by atoms with Crippen LogP contribution in [-0.4, -0.2) is 47.9 Å². The molecule has 0 radical (unpaired) electrons. The van der Waals surface area contributed by atoms with Gasteiger partial charge in [0.1, 0.15) is 23.9 Å². The number of fused-ring (bicyclic) bond motifs is 1. The average molecular weight is 540 g/mol. The second-order valence-electron chi connectivity index (χ2n) is 9.29. The van der Waals surface area contributed by atoms with Gasteiger partial charge in [0.2, 0.25) is 17.4 Å². The second-order valence-corrected chi connectivity index (χ2v) is 9.70. The number of aromatic nitrogens is 4.